The fourth-order valence-corrected chi connectivity index (χ4v) is 4.65. The molecule has 1 aliphatic heterocycles. The number of nitrogens with zero attached hydrogens (tertiary/aromatic N) is 3. The van der Waals surface area contributed by atoms with Crippen LogP contribution in [0.3, 0.4) is 0 Å². The van der Waals surface area contributed by atoms with Crippen LogP contribution in [-0.2, 0) is 11.3 Å². The van der Waals surface area contributed by atoms with Crippen molar-refractivity contribution >= 4 is 22.6 Å². The maximum Gasteiger partial charge on any atom is 0.227 e. The Morgan fingerprint density at radius 3 is 2.55 bits per heavy atom. The number of ether oxygens (including phenoxy) is 1. The SMILES string of the molecule is Cc1ccc(OCCn2c(C3CC(=O)N(c4cc(C)ccc4C)C3)nc3ccccc32)cc1. The lowest BCUT2D eigenvalue weighted by Gasteiger charge is -2.20. The van der Waals surface area contributed by atoms with Gasteiger partial charge in [-0.05, 0) is 62.2 Å². The van der Waals surface area contributed by atoms with Crippen molar-refractivity contribution in [1.82, 2.24) is 9.55 Å². The minimum absolute atomic E-state index is 0.0455. The van der Waals surface area contributed by atoms with E-state index in [9.17, 15) is 4.79 Å². The van der Waals surface area contributed by atoms with E-state index < -0.39 is 0 Å². The predicted octanol–water partition coefficient (Wildman–Crippen LogP) is 5.56. The minimum atomic E-state index is 0.0455. The molecule has 1 fully saturated rings. The highest BCUT2D eigenvalue weighted by atomic mass is 16.5. The summed E-state index contributed by atoms with van der Waals surface area (Å²) in [4.78, 5) is 19.9. The molecule has 5 heteroatoms. The molecule has 0 saturated carbocycles. The van der Waals surface area contributed by atoms with E-state index in [4.69, 9.17) is 9.72 Å². The first-order valence-electron chi connectivity index (χ1n) is 11.5. The Morgan fingerprint density at radius 1 is 0.970 bits per heavy atom. The molecule has 1 aliphatic rings. The van der Waals surface area contributed by atoms with E-state index in [0.29, 0.717) is 26.1 Å². The van der Waals surface area contributed by atoms with Gasteiger partial charge in [0.25, 0.3) is 0 Å². The number of imidazole rings is 1. The first-order chi connectivity index (χ1) is 16.0. The van der Waals surface area contributed by atoms with Gasteiger partial charge in [-0.3, -0.25) is 4.79 Å². The molecule has 4 aromatic rings. The lowest BCUT2D eigenvalue weighted by molar-refractivity contribution is -0.117. The number of aromatic nitrogens is 2. The van der Waals surface area contributed by atoms with Gasteiger partial charge in [0.1, 0.15) is 18.2 Å². The summed E-state index contributed by atoms with van der Waals surface area (Å²) in [6.07, 6.45) is 0.468. The Labute approximate surface area is 194 Å². The third-order valence-electron chi connectivity index (χ3n) is 6.43. The molecule has 0 bridgehead atoms. The molecule has 3 aromatic carbocycles. The van der Waals surface area contributed by atoms with Crippen LogP contribution in [0.25, 0.3) is 11.0 Å². The van der Waals surface area contributed by atoms with Crippen LogP contribution in [0.5, 0.6) is 5.75 Å². The number of hydrogen-bond acceptors (Lipinski definition) is 3. The largest absolute Gasteiger partial charge is 0.492 e. The van der Waals surface area contributed by atoms with Crippen LogP contribution in [0.2, 0.25) is 0 Å². The zero-order chi connectivity index (χ0) is 22.9. The number of carbonyl (C=O) groups is 1. The molecule has 1 amide bonds. The monoisotopic (exact) mass is 439 g/mol. The van der Waals surface area contributed by atoms with E-state index in [1.165, 1.54) is 5.56 Å². The number of aryl methyl sites for hydroxylation is 3. The zero-order valence-electron chi connectivity index (χ0n) is 19.4. The van der Waals surface area contributed by atoms with Gasteiger partial charge in [-0.15, -0.1) is 0 Å². The Kier molecular flexibility index (Phi) is 5.63. The van der Waals surface area contributed by atoms with Gasteiger partial charge in [0.15, 0.2) is 0 Å². The maximum absolute atomic E-state index is 13.0. The van der Waals surface area contributed by atoms with Gasteiger partial charge in [-0.25, -0.2) is 4.98 Å². The van der Waals surface area contributed by atoms with Crippen LogP contribution in [0.4, 0.5) is 5.69 Å². The van der Waals surface area contributed by atoms with Gasteiger partial charge in [-0.1, -0.05) is 42.0 Å². The fraction of sp³-hybridized carbons (Fsp3) is 0.286. The Hall–Kier alpha value is -3.60. The number of anilines is 1. The second kappa shape index (κ2) is 8.74. The number of carbonyl (C=O) groups excluding carboxylic acids is 1. The molecule has 1 aromatic heterocycles. The molecule has 0 spiro atoms. The summed E-state index contributed by atoms with van der Waals surface area (Å²) in [6, 6.07) is 22.6. The predicted molar refractivity (Wildman–Crippen MR) is 132 cm³/mol. The van der Waals surface area contributed by atoms with Crippen molar-refractivity contribution in [1.29, 1.82) is 0 Å². The molecule has 0 aliphatic carbocycles. The first-order valence-corrected chi connectivity index (χ1v) is 11.5. The summed E-state index contributed by atoms with van der Waals surface area (Å²) in [5, 5.41) is 0. The quantitative estimate of drug-likeness (QED) is 0.395. The van der Waals surface area contributed by atoms with Crippen molar-refractivity contribution in [2.45, 2.75) is 39.7 Å². The molecular formula is C28H29N3O2. The molecule has 1 saturated heterocycles. The van der Waals surface area contributed by atoms with Crippen molar-refractivity contribution in [3.63, 3.8) is 0 Å². The van der Waals surface area contributed by atoms with Crippen molar-refractivity contribution in [3.8, 4) is 5.75 Å². The Morgan fingerprint density at radius 2 is 1.73 bits per heavy atom. The summed E-state index contributed by atoms with van der Waals surface area (Å²) in [5.41, 5.74) is 6.54. The van der Waals surface area contributed by atoms with E-state index in [1.807, 2.05) is 35.2 Å². The molecule has 2 heterocycles. The molecule has 0 radical (unpaired) electrons. The van der Waals surface area contributed by atoms with Crippen LogP contribution in [-0.4, -0.2) is 28.6 Å². The summed E-state index contributed by atoms with van der Waals surface area (Å²) >= 11 is 0. The highest BCUT2D eigenvalue weighted by Crippen LogP contribution is 2.34. The third-order valence-corrected chi connectivity index (χ3v) is 6.43. The van der Waals surface area contributed by atoms with E-state index >= 15 is 0 Å². The topological polar surface area (TPSA) is 47.4 Å². The van der Waals surface area contributed by atoms with Crippen molar-refractivity contribution in [2.75, 3.05) is 18.1 Å². The first kappa shape index (κ1) is 21.3. The molecule has 168 valence electrons. The average molecular weight is 440 g/mol. The van der Waals surface area contributed by atoms with Crippen LogP contribution in [0.15, 0.2) is 66.7 Å². The minimum Gasteiger partial charge on any atom is -0.492 e. The molecule has 0 N–H and O–H groups in total. The van der Waals surface area contributed by atoms with Gasteiger partial charge in [0.05, 0.1) is 17.6 Å². The Balaban J connectivity index is 1.41. The summed E-state index contributed by atoms with van der Waals surface area (Å²) in [6.45, 7) is 8.06. The second-order valence-corrected chi connectivity index (χ2v) is 8.97. The fourth-order valence-electron chi connectivity index (χ4n) is 4.65. The van der Waals surface area contributed by atoms with Crippen molar-refractivity contribution < 1.29 is 9.53 Å². The summed E-state index contributed by atoms with van der Waals surface area (Å²) in [7, 11) is 0. The van der Waals surface area contributed by atoms with Crippen LogP contribution in [0.1, 0.15) is 34.9 Å². The summed E-state index contributed by atoms with van der Waals surface area (Å²) in [5.74, 6) is 2.03. The molecule has 1 atom stereocenters. The lowest BCUT2D eigenvalue weighted by Crippen LogP contribution is -2.25. The normalized spacial score (nSPS) is 16.0. The third kappa shape index (κ3) is 4.23. The smallest absolute Gasteiger partial charge is 0.227 e. The van der Waals surface area contributed by atoms with E-state index in [2.05, 4.69) is 61.7 Å². The van der Waals surface area contributed by atoms with Crippen molar-refractivity contribution in [2.24, 2.45) is 0 Å². The van der Waals surface area contributed by atoms with Crippen LogP contribution >= 0.6 is 0 Å². The van der Waals surface area contributed by atoms with E-state index in [1.54, 1.807) is 0 Å². The van der Waals surface area contributed by atoms with E-state index in [0.717, 1.165) is 39.4 Å². The summed E-state index contributed by atoms with van der Waals surface area (Å²) < 4.78 is 8.25. The van der Waals surface area contributed by atoms with Gasteiger partial charge in [0.2, 0.25) is 5.91 Å². The molecule has 33 heavy (non-hydrogen) atoms. The average Bonchev–Trinajstić information content (AvgIpc) is 3.37. The number of benzene rings is 3. The molecular weight excluding hydrogens is 410 g/mol. The zero-order valence-corrected chi connectivity index (χ0v) is 19.4. The van der Waals surface area contributed by atoms with Crippen molar-refractivity contribution in [3.05, 3.63) is 89.2 Å². The van der Waals surface area contributed by atoms with Gasteiger partial charge >= 0.3 is 0 Å². The lowest BCUT2D eigenvalue weighted by atomic mass is 10.1. The molecule has 5 rings (SSSR count). The number of hydrogen-bond donors (Lipinski definition) is 0. The number of rotatable bonds is 6. The number of fused-ring (bicyclic) bond motifs is 1. The van der Waals surface area contributed by atoms with Gasteiger partial charge in [-0.2, -0.15) is 0 Å². The maximum atomic E-state index is 13.0. The van der Waals surface area contributed by atoms with Gasteiger partial charge in [0, 0.05) is 24.6 Å². The highest BCUT2D eigenvalue weighted by Gasteiger charge is 2.35. The number of amides is 1. The van der Waals surface area contributed by atoms with E-state index in [-0.39, 0.29) is 11.8 Å². The van der Waals surface area contributed by atoms with Crippen LogP contribution < -0.4 is 9.64 Å². The van der Waals surface area contributed by atoms with Gasteiger partial charge < -0.3 is 14.2 Å². The second-order valence-electron chi connectivity index (χ2n) is 8.97. The number of para-hydroxylation sites is 2. The molecule has 5 nitrogen and oxygen atoms in total. The molecule has 1 unspecified atom stereocenters. The van der Waals surface area contributed by atoms with Crippen LogP contribution in [0, 0.1) is 20.8 Å². The highest BCUT2D eigenvalue weighted by molar-refractivity contribution is 5.97. The standard InChI is InChI=1S/C28H29N3O2/c1-19-9-12-23(13-10-19)33-15-14-30-25-7-5-4-6-24(25)29-28(30)22-17-27(32)31(18-22)26-16-20(2)8-11-21(26)3/h4-13,16,22H,14-15,17-18H2,1-3H3. The Bertz CT molecular complexity index is 1310.